The zero-order chi connectivity index (χ0) is 12.1. The van der Waals surface area contributed by atoms with Crippen molar-refractivity contribution >= 4 is 22.4 Å². The molecule has 17 heavy (non-hydrogen) atoms. The maximum atomic E-state index is 11.2. The molecule has 0 amide bonds. The minimum Gasteiger partial charge on any atom is -0.369 e. The fourth-order valence-electron chi connectivity index (χ4n) is 1.85. The minimum atomic E-state index is -0.615. The van der Waals surface area contributed by atoms with E-state index in [1.165, 1.54) is 0 Å². The summed E-state index contributed by atoms with van der Waals surface area (Å²) in [7, 11) is -0.615. The van der Waals surface area contributed by atoms with Crippen molar-refractivity contribution in [1.82, 2.24) is 9.97 Å². The van der Waals surface area contributed by atoms with Crippen molar-refractivity contribution in [3.05, 3.63) is 12.4 Å². The third kappa shape index (κ3) is 3.66. The third-order valence-corrected chi connectivity index (χ3v) is 4.11. The van der Waals surface area contributed by atoms with Gasteiger partial charge in [-0.3, -0.25) is 9.19 Å². The Bertz CT molecular complexity index is 389. The lowest BCUT2D eigenvalue weighted by atomic mass is 10.1. The SMILES string of the molecule is CCNc1cncc(NC2CCS(=O)CC2)n1. The summed E-state index contributed by atoms with van der Waals surface area (Å²) in [6.07, 6.45) is 5.33. The van der Waals surface area contributed by atoms with E-state index >= 15 is 0 Å². The van der Waals surface area contributed by atoms with Crippen LogP contribution in [0, 0.1) is 0 Å². The molecule has 0 bridgehead atoms. The largest absolute Gasteiger partial charge is 0.369 e. The fourth-order valence-corrected chi connectivity index (χ4v) is 3.15. The molecule has 5 nitrogen and oxygen atoms in total. The van der Waals surface area contributed by atoms with Gasteiger partial charge in [0.2, 0.25) is 0 Å². The first-order valence-electron chi connectivity index (χ1n) is 5.95. The fraction of sp³-hybridized carbons (Fsp3) is 0.636. The Morgan fingerprint density at radius 1 is 1.35 bits per heavy atom. The second-order valence-corrected chi connectivity index (χ2v) is 5.78. The van der Waals surface area contributed by atoms with Crippen LogP contribution in [0.5, 0.6) is 0 Å². The number of hydrogen-bond acceptors (Lipinski definition) is 5. The van der Waals surface area contributed by atoms with Crippen LogP contribution in [0.4, 0.5) is 11.6 Å². The Morgan fingerprint density at radius 2 is 2.06 bits per heavy atom. The molecule has 1 aromatic heterocycles. The molecule has 0 aromatic carbocycles. The first-order chi connectivity index (χ1) is 8.28. The van der Waals surface area contributed by atoms with Crippen LogP contribution in [0.3, 0.4) is 0 Å². The second-order valence-electron chi connectivity index (χ2n) is 4.09. The topological polar surface area (TPSA) is 66.9 Å². The van der Waals surface area contributed by atoms with E-state index in [4.69, 9.17) is 0 Å². The zero-order valence-electron chi connectivity index (χ0n) is 9.98. The Hall–Kier alpha value is -1.17. The lowest BCUT2D eigenvalue weighted by Gasteiger charge is -2.22. The molecule has 0 saturated carbocycles. The maximum Gasteiger partial charge on any atom is 0.147 e. The summed E-state index contributed by atoms with van der Waals surface area (Å²) in [6.45, 7) is 2.86. The molecule has 0 spiro atoms. The zero-order valence-corrected chi connectivity index (χ0v) is 10.8. The highest BCUT2D eigenvalue weighted by Gasteiger charge is 2.17. The summed E-state index contributed by atoms with van der Waals surface area (Å²) in [5.74, 6) is 3.16. The number of rotatable bonds is 4. The van der Waals surface area contributed by atoms with Crippen molar-refractivity contribution in [2.75, 3.05) is 28.7 Å². The van der Waals surface area contributed by atoms with E-state index in [-0.39, 0.29) is 0 Å². The summed E-state index contributed by atoms with van der Waals surface area (Å²) in [6, 6.07) is 0.374. The highest BCUT2D eigenvalue weighted by atomic mass is 32.2. The molecule has 1 aromatic rings. The molecule has 0 radical (unpaired) electrons. The van der Waals surface area contributed by atoms with Gasteiger partial charge in [-0.25, -0.2) is 4.98 Å². The van der Waals surface area contributed by atoms with Gasteiger partial charge in [0.1, 0.15) is 11.6 Å². The summed E-state index contributed by atoms with van der Waals surface area (Å²) in [5, 5.41) is 6.48. The molecule has 0 atom stereocenters. The Kier molecular flexibility index (Phi) is 4.30. The first kappa shape index (κ1) is 12.3. The lowest BCUT2D eigenvalue weighted by Crippen LogP contribution is -2.29. The highest BCUT2D eigenvalue weighted by Crippen LogP contribution is 2.15. The van der Waals surface area contributed by atoms with Crippen molar-refractivity contribution in [1.29, 1.82) is 0 Å². The predicted octanol–water partition coefficient (Wildman–Crippen LogP) is 1.23. The van der Waals surface area contributed by atoms with Crippen LogP contribution in [0.25, 0.3) is 0 Å². The Labute approximate surface area is 104 Å². The van der Waals surface area contributed by atoms with E-state index in [1.54, 1.807) is 12.4 Å². The van der Waals surface area contributed by atoms with E-state index in [2.05, 4.69) is 20.6 Å². The summed E-state index contributed by atoms with van der Waals surface area (Å²) >= 11 is 0. The smallest absolute Gasteiger partial charge is 0.147 e. The Morgan fingerprint density at radius 3 is 2.76 bits per heavy atom. The lowest BCUT2D eigenvalue weighted by molar-refractivity contribution is 0.622. The van der Waals surface area contributed by atoms with E-state index in [9.17, 15) is 4.21 Å². The summed E-state index contributed by atoms with van der Waals surface area (Å²) in [4.78, 5) is 8.55. The molecule has 1 fully saturated rings. The van der Waals surface area contributed by atoms with Crippen LogP contribution >= 0.6 is 0 Å². The number of nitrogens with zero attached hydrogens (tertiary/aromatic N) is 2. The number of anilines is 2. The minimum absolute atomic E-state index is 0.374. The van der Waals surface area contributed by atoms with E-state index in [0.717, 1.165) is 42.5 Å². The molecule has 0 unspecified atom stereocenters. The molecular formula is C11H18N4OS. The van der Waals surface area contributed by atoms with E-state index in [0.29, 0.717) is 6.04 Å². The normalized spacial score (nSPS) is 24.3. The van der Waals surface area contributed by atoms with Crippen LogP contribution < -0.4 is 10.6 Å². The van der Waals surface area contributed by atoms with Crippen LogP contribution in [0.2, 0.25) is 0 Å². The molecule has 2 N–H and O–H groups in total. The van der Waals surface area contributed by atoms with Crippen molar-refractivity contribution in [2.45, 2.75) is 25.8 Å². The monoisotopic (exact) mass is 254 g/mol. The summed E-state index contributed by atoms with van der Waals surface area (Å²) < 4.78 is 11.2. The average molecular weight is 254 g/mol. The molecule has 1 aliphatic rings. The molecule has 94 valence electrons. The van der Waals surface area contributed by atoms with Crippen molar-refractivity contribution < 1.29 is 4.21 Å². The highest BCUT2D eigenvalue weighted by molar-refractivity contribution is 7.85. The van der Waals surface area contributed by atoms with Gasteiger partial charge in [0.05, 0.1) is 12.4 Å². The summed E-state index contributed by atoms with van der Waals surface area (Å²) in [5.41, 5.74) is 0. The van der Waals surface area contributed by atoms with Gasteiger partial charge in [0.25, 0.3) is 0 Å². The number of nitrogens with one attached hydrogen (secondary N) is 2. The standard InChI is InChI=1S/C11H18N4OS/c1-2-13-10-7-12-8-11(15-10)14-9-3-5-17(16)6-4-9/h7-9H,2-6H2,1H3,(H2,13,14,15). The average Bonchev–Trinajstić information content (AvgIpc) is 2.33. The molecular weight excluding hydrogens is 236 g/mol. The van der Waals surface area contributed by atoms with E-state index < -0.39 is 10.8 Å². The van der Waals surface area contributed by atoms with Crippen molar-refractivity contribution in [3.63, 3.8) is 0 Å². The maximum absolute atomic E-state index is 11.2. The number of aromatic nitrogens is 2. The van der Waals surface area contributed by atoms with Crippen LogP contribution in [0.1, 0.15) is 19.8 Å². The second kappa shape index (κ2) is 5.95. The van der Waals surface area contributed by atoms with Crippen LogP contribution in [-0.2, 0) is 10.8 Å². The predicted molar refractivity (Wildman–Crippen MR) is 70.7 cm³/mol. The molecule has 1 saturated heterocycles. The first-order valence-corrected chi connectivity index (χ1v) is 7.44. The van der Waals surface area contributed by atoms with Gasteiger partial charge in [0.15, 0.2) is 0 Å². The molecule has 2 heterocycles. The number of hydrogen-bond donors (Lipinski definition) is 2. The molecule has 2 rings (SSSR count). The van der Waals surface area contributed by atoms with E-state index in [1.807, 2.05) is 6.92 Å². The van der Waals surface area contributed by atoms with Gasteiger partial charge in [-0.15, -0.1) is 0 Å². The van der Waals surface area contributed by atoms with Crippen molar-refractivity contribution in [3.8, 4) is 0 Å². The quantitative estimate of drug-likeness (QED) is 0.846. The van der Waals surface area contributed by atoms with Crippen molar-refractivity contribution in [2.24, 2.45) is 0 Å². The van der Waals surface area contributed by atoms with Gasteiger partial charge >= 0.3 is 0 Å². The molecule has 6 heteroatoms. The molecule has 0 aliphatic carbocycles. The van der Waals surface area contributed by atoms with Gasteiger partial charge in [-0.2, -0.15) is 0 Å². The van der Waals surface area contributed by atoms with Gasteiger partial charge < -0.3 is 10.6 Å². The van der Waals surface area contributed by atoms with Gasteiger partial charge in [0, 0.05) is 34.9 Å². The van der Waals surface area contributed by atoms with Gasteiger partial charge in [-0.05, 0) is 19.8 Å². The Balaban J connectivity index is 1.93. The molecule has 1 aliphatic heterocycles. The van der Waals surface area contributed by atoms with Gasteiger partial charge in [-0.1, -0.05) is 0 Å². The van der Waals surface area contributed by atoms with Crippen LogP contribution in [-0.4, -0.2) is 38.3 Å². The third-order valence-electron chi connectivity index (χ3n) is 2.73. The van der Waals surface area contributed by atoms with Crippen LogP contribution in [0.15, 0.2) is 12.4 Å².